The first kappa shape index (κ1) is 19.4. The second-order valence-corrected chi connectivity index (χ2v) is 9.41. The first-order valence-corrected chi connectivity index (χ1v) is 11.6. The van der Waals surface area contributed by atoms with Crippen molar-refractivity contribution in [1.82, 2.24) is 19.4 Å². The Hall–Kier alpha value is -1.97. The number of sulfone groups is 1. The van der Waals surface area contributed by atoms with Gasteiger partial charge in [0.05, 0.1) is 24.5 Å². The third-order valence-electron chi connectivity index (χ3n) is 5.37. The summed E-state index contributed by atoms with van der Waals surface area (Å²) in [6, 6.07) is 5.96. The summed E-state index contributed by atoms with van der Waals surface area (Å²) in [5.74, 6) is 1.00. The Balaban J connectivity index is 1.45. The molecule has 0 saturated carbocycles. The molecule has 28 heavy (non-hydrogen) atoms. The van der Waals surface area contributed by atoms with Crippen molar-refractivity contribution in [2.45, 2.75) is 37.2 Å². The molecule has 0 radical (unpaired) electrons. The number of ether oxygens (including phenoxy) is 1. The number of pyridine rings is 1. The molecule has 2 aliphatic heterocycles. The maximum atomic E-state index is 12.2. The van der Waals surface area contributed by atoms with Crippen molar-refractivity contribution in [2.75, 3.05) is 43.9 Å². The highest BCUT2D eigenvalue weighted by Gasteiger charge is 2.26. The summed E-state index contributed by atoms with van der Waals surface area (Å²) in [4.78, 5) is 13.3. The van der Waals surface area contributed by atoms with Crippen molar-refractivity contribution in [2.24, 2.45) is 0 Å². The van der Waals surface area contributed by atoms with Crippen LogP contribution in [0.15, 0.2) is 35.7 Å². The van der Waals surface area contributed by atoms with Gasteiger partial charge in [0.2, 0.25) is 15.0 Å². The van der Waals surface area contributed by atoms with Gasteiger partial charge in [-0.15, -0.1) is 0 Å². The van der Waals surface area contributed by atoms with Crippen molar-refractivity contribution >= 4 is 15.7 Å². The van der Waals surface area contributed by atoms with Crippen molar-refractivity contribution < 1.29 is 13.2 Å². The maximum absolute atomic E-state index is 12.2. The molecular formula is C19H27N5O3S. The van der Waals surface area contributed by atoms with Crippen molar-refractivity contribution in [3.8, 4) is 0 Å². The van der Waals surface area contributed by atoms with Crippen LogP contribution in [0.25, 0.3) is 0 Å². The van der Waals surface area contributed by atoms with Crippen LogP contribution in [0.2, 0.25) is 0 Å². The summed E-state index contributed by atoms with van der Waals surface area (Å²) in [6.07, 6.45) is 6.79. The van der Waals surface area contributed by atoms with Gasteiger partial charge in [-0.1, -0.05) is 6.07 Å². The highest BCUT2D eigenvalue weighted by molar-refractivity contribution is 7.90. The van der Waals surface area contributed by atoms with Crippen LogP contribution in [-0.4, -0.2) is 73.0 Å². The third kappa shape index (κ3) is 4.37. The van der Waals surface area contributed by atoms with Gasteiger partial charge < -0.3 is 14.2 Å². The van der Waals surface area contributed by atoms with E-state index in [9.17, 15) is 8.42 Å². The van der Waals surface area contributed by atoms with Crippen LogP contribution in [0.5, 0.6) is 0 Å². The van der Waals surface area contributed by atoms with E-state index in [4.69, 9.17) is 4.74 Å². The highest BCUT2D eigenvalue weighted by Crippen LogP contribution is 2.21. The standard InChI is InChI=1S/C19H27N5O3S/c1-28(25,26)19-21-13-16(24(19)15-17-5-4-12-27-17)14-22-8-10-23(11-9-22)18-6-2-3-7-20-18/h2-3,6-7,13,17H,4-5,8-12,14-15H2,1H3/t17-/m0/s1. The molecule has 2 aliphatic rings. The Morgan fingerprint density at radius 1 is 1.18 bits per heavy atom. The summed E-state index contributed by atoms with van der Waals surface area (Å²) in [5.41, 5.74) is 0.933. The molecule has 4 heterocycles. The Morgan fingerprint density at radius 3 is 2.64 bits per heavy atom. The molecular weight excluding hydrogens is 378 g/mol. The zero-order valence-electron chi connectivity index (χ0n) is 16.2. The van der Waals surface area contributed by atoms with Crippen molar-refractivity contribution in [1.29, 1.82) is 0 Å². The molecule has 8 nitrogen and oxygen atoms in total. The second-order valence-electron chi connectivity index (χ2n) is 7.50. The van der Waals surface area contributed by atoms with Gasteiger partial charge in [0, 0.05) is 51.8 Å². The molecule has 1 atom stereocenters. The summed E-state index contributed by atoms with van der Waals surface area (Å²) in [5, 5.41) is 0.144. The zero-order chi connectivity index (χ0) is 19.6. The fourth-order valence-corrected chi connectivity index (χ4v) is 4.74. The zero-order valence-corrected chi connectivity index (χ0v) is 17.0. The quantitative estimate of drug-likeness (QED) is 0.714. The first-order valence-electron chi connectivity index (χ1n) is 9.75. The number of hydrogen-bond acceptors (Lipinski definition) is 7. The molecule has 4 rings (SSSR count). The molecule has 0 aromatic carbocycles. The smallest absolute Gasteiger partial charge is 0.227 e. The Morgan fingerprint density at radius 2 is 2.00 bits per heavy atom. The van der Waals surface area contributed by atoms with Crippen LogP contribution in [0, 0.1) is 0 Å². The van der Waals surface area contributed by atoms with Gasteiger partial charge in [0.1, 0.15) is 5.82 Å². The summed E-state index contributed by atoms with van der Waals surface area (Å²) >= 11 is 0. The van der Waals surface area contributed by atoms with E-state index in [1.165, 1.54) is 6.26 Å². The normalized spacial score (nSPS) is 21.3. The molecule has 2 saturated heterocycles. The SMILES string of the molecule is CS(=O)(=O)c1ncc(CN2CCN(c3ccccn3)CC2)n1C[C@@H]1CCCO1. The Kier molecular flexibility index (Phi) is 5.65. The molecule has 2 fully saturated rings. The molecule has 152 valence electrons. The van der Waals surface area contributed by atoms with E-state index in [0.717, 1.165) is 57.1 Å². The van der Waals surface area contributed by atoms with E-state index >= 15 is 0 Å². The number of anilines is 1. The fraction of sp³-hybridized carbons (Fsp3) is 0.579. The minimum atomic E-state index is -3.38. The van der Waals surface area contributed by atoms with Crippen LogP contribution >= 0.6 is 0 Å². The van der Waals surface area contributed by atoms with E-state index in [1.807, 2.05) is 29.0 Å². The largest absolute Gasteiger partial charge is 0.376 e. The molecule has 2 aromatic rings. The number of nitrogens with zero attached hydrogens (tertiary/aromatic N) is 5. The van der Waals surface area contributed by atoms with Gasteiger partial charge in [0.25, 0.3) is 0 Å². The minimum Gasteiger partial charge on any atom is -0.376 e. The Labute approximate surface area is 166 Å². The van der Waals surface area contributed by atoms with E-state index in [1.54, 1.807) is 6.20 Å². The molecule has 0 unspecified atom stereocenters. The van der Waals surface area contributed by atoms with Gasteiger partial charge >= 0.3 is 0 Å². The van der Waals surface area contributed by atoms with Crippen molar-refractivity contribution in [3.05, 3.63) is 36.3 Å². The van der Waals surface area contributed by atoms with Gasteiger partial charge in [-0.25, -0.2) is 18.4 Å². The van der Waals surface area contributed by atoms with Crippen LogP contribution in [0.3, 0.4) is 0 Å². The third-order valence-corrected chi connectivity index (χ3v) is 6.36. The number of rotatable bonds is 6. The summed E-state index contributed by atoms with van der Waals surface area (Å²) < 4.78 is 31.9. The van der Waals surface area contributed by atoms with Crippen LogP contribution in [-0.2, 0) is 27.7 Å². The first-order chi connectivity index (χ1) is 13.5. The highest BCUT2D eigenvalue weighted by atomic mass is 32.2. The lowest BCUT2D eigenvalue weighted by Crippen LogP contribution is -2.46. The van der Waals surface area contributed by atoms with Crippen LogP contribution in [0.4, 0.5) is 5.82 Å². The van der Waals surface area contributed by atoms with Crippen LogP contribution in [0.1, 0.15) is 18.5 Å². The van der Waals surface area contributed by atoms with Crippen LogP contribution < -0.4 is 4.90 Å². The molecule has 9 heteroatoms. The van der Waals surface area contributed by atoms with Gasteiger partial charge in [-0.2, -0.15) is 0 Å². The van der Waals surface area contributed by atoms with E-state index in [-0.39, 0.29) is 11.3 Å². The second kappa shape index (κ2) is 8.18. The van der Waals surface area contributed by atoms with Gasteiger partial charge in [0.15, 0.2) is 0 Å². The van der Waals surface area contributed by atoms with Gasteiger partial charge in [-0.3, -0.25) is 4.90 Å². The molecule has 2 aromatic heterocycles. The molecule has 0 N–H and O–H groups in total. The number of imidazole rings is 1. The van der Waals surface area contributed by atoms with E-state index in [0.29, 0.717) is 13.1 Å². The lowest BCUT2D eigenvalue weighted by Gasteiger charge is -2.35. The molecule has 0 bridgehead atoms. The number of piperazine rings is 1. The predicted molar refractivity (Wildman–Crippen MR) is 106 cm³/mol. The monoisotopic (exact) mass is 405 g/mol. The molecule has 0 amide bonds. The summed E-state index contributed by atoms with van der Waals surface area (Å²) in [6.45, 7) is 5.58. The topological polar surface area (TPSA) is 80.6 Å². The van der Waals surface area contributed by atoms with Crippen molar-refractivity contribution in [3.63, 3.8) is 0 Å². The lowest BCUT2D eigenvalue weighted by molar-refractivity contribution is 0.0932. The lowest BCUT2D eigenvalue weighted by atomic mass is 10.2. The number of aromatic nitrogens is 3. The Bertz CT molecular complexity index is 886. The summed E-state index contributed by atoms with van der Waals surface area (Å²) in [7, 11) is -3.38. The average Bonchev–Trinajstić information content (AvgIpc) is 3.34. The predicted octanol–water partition coefficient (Wildman–Crippen LogP) is 1.18. The van der Waals surface area contributed by atoms with Gasteiger partial charge in [-0.05, 0) is 25.0 Å². The fourth-order valence-electron chi connectivity index (χ4n) is 3.91. The molecule has 0 spiro atoms. The van der Waals surface area contributed by atoms with E-state index in [2.05, 4.69) is 19.8 Å². The number of hydrogen-bond donors (Lipinski definition) is 0. The molecule has 0 aliphatic carbocycles. The average molecular weight is 406 g/mol. The minimum absolute atomic E-state index is 0.0643. The van der Waals surface area contributed by atoms with E-state index < -0.39 is 9.84 Å². The maximum Gasteiger partial charge on any atom is 0.227 e.